The molecular formula is C18H25N5O. The molecule has 0 radical (unpaired) electrons. The summed E-state index contributed by atoms with van der Waals surface area (Å²) < 4.78 is 5.79. The van der Waals surface area contributed by atoms with Gasteiger partial charge in [-0.3, -0.25) is 4.99 Å². The maximum Gasteiger partial charge on any atom is 0.191 e. The molecule has 1 aromatic heterocycles. The van der Waals surface area contributed by atoms with Crippen LogP contribution in [0.3, 0.4) is 0 Å². The number of hydrogen-bond donors (Lipinski definition) is 3. The van der Waals surface area contributed by atoms with Crippen molar-refractivity contribution in [3.05, 3.63) is 42.4 Å². The van der Waals surface area contributed by atoms with E-state index in [2.05, 4.69) is 44.7 Å². The van der Waals surface area contributed by atoms with Crippen molar-refractivity contribution in [1.29, 1.82) is 0 Å². The highest BCUT2D eigenvalue weighted by Crippen LogP contribution is 2.23. The Balaban J connectivity index is 1.52. The van der Waals surface area contributed by atoms with Gasteiger partial charge in [-0.05, 0) is 25.3 Å². The molecular weight excluding hydrogens is 302 g/mol. The van der Waals surface area contributed by atoms with E-state index in [9.17, 15) is 0 Å². The van der Waals surface area contributed by atoms with Crippen LogP contribution in [0.1, 0.15) is 25.6 Å². The minimum Gasteiger partial charge on any atom is -0.373 e. The number of ether oxygens (including phenoxy) is 1. The van der Waals surface area contributed by atoms with Crippen molar-refractivity contribution in [1.82, 2.24) is 20.6 Å². The van der Waals surface area contributed by atoms with Crippen LogP contribution in [0, 0.1) is 0 Å². The van der Waals surface area contributed by atoms with Gasteiger partial charge in [-0.15, -0.1) is 0 Å². The molecule has 0 saturated carbocycles. The lowest BCUT2D eigenvalue weighted by molar-refractivity contribution is 0.0243. The summed E-state index contributed by atoms with van der Waals surface area (Å²) in [6.45, 7) is 4.32. The molecule has 24 heavy (non-hydrogen) atoms. The fourth-order valence-corrected chi connectivity index (χ4v) is 2.85. The van der Waals surface area contributed by atoms with E-state index in [1.807, 2.05) is 24.4 Å². The zero-order valence-electron chi connectivity index (χ0n) is 14.3. The molecule has 1 aliphatic heterocycles. The van der Waals surface area contributed by atoms with E-state index in [0.717, 1.165) is 49.0 Å². The van der Waals surface area contributed by atoms with Gasteiger partial charge in [-0.1, -0.05) is 30.3 Å². The lowest BCUT2D eigenvalue weighted by Gasteiger charge is -2.24. The van der Waals surface area contributed by atoms with Crippen LogP contribution in [0.5, 0.6) is 0 Å². The normalized spacial score (nSPS) is 21.0. The largest absolute Gasteiger partial charge is 0.373 e. The third-order valence-corrected chi connectivity index (χ3v) is 4.29. The quantitative estimate of drug-likeness (QED) is 0.582. The van der Waals surface area contributed by atoms with Crippen LogP contribution in [0.25, 0.3) is 11.3 Å². The SMILES string of the molecule is CN=C(NCc1ncc(-c2ccccc2)[nH]1)NCC1(C)CCCO1. The van der Waals surface area contributed by atoms with E-state index in [1.165, 1.54) is 0 Å². The molecule has 1 fully saturated rings. The number of nitrogens with zero attached hydrogens (tertiary/aromatic N) is 2. The molecule has 1 aliphatic rings. The predicted molar refractivity (Wildman–Crippen MR) is 95.8 cm³/mol. The molecule has 0 amide bonds. The van der Waals surface area contributed by atoms with Gasteiger partial charge in [0.2, 0.25) is 0 Å². The topological polar surface area (TPSA) is 74.3 Å². The minimum absolute atomic E-state index is 0.0945. The molecule has 3 N–H and O–H groups in total. The van der Waals surface area contributed by atoms with Crippen LogP contribution < -0.4 is 10.6 Å². The summed E-state index contributed by atoms with van der Waals surface area (Å²) in [5.41, 5.74) is 2.05. The van der Waals surface area contributed by atoms with E-state index in [4.69, 9.17) is 4.74 Å². The first-order valence-electron chi connectivity index (χ1n) is 8.36. The molecule has 0 aliphatic carbocycles. The van der Waals surface area contributed by atoms with Crippen LogP contribution in [-0.2, 0) is 11.3 Å². The number of aliphatic imine (C=N–C) groups is 1. The zero-order chi connectivity index (χ0) is 16.8. The minimum atomic E-state index is -0.0945. The number of hydrogen-bond acceptors (Lipinski definition) is 3. The Morgan fingerprint density at radius 3 is 2.88 bits per heavy atom. The number of nitrogens with one attached hydrogen (secondary N) is 3. The first kappa shape index (κ1) is 16.5. The zero-order valence-corrected chi connectivity index (χ0v) is 14.3. The molecule has 1 aromatic carbocycles. The van der Waals surface area contributed by atoms with Gasteiger partial charge in [-0.25, -0.2) is 4.98 Å². The number of H-pyrrole nitrogens is 1. The van der Waals surface area contributed by atoms with Gasteiger partial charge >= 0.3 is 0 Å². The van der Waals surface area contributed by atoms with Crippen LogP contribution in [0.4, 0.5) is 0 Å². The van der Waals surface area contributed by atoms with Crippen molar-refractivity contribution in [3.63, 3.8) is 0 Å². The number of rotatable bonds is 5. The Labute approximate surface area is 142 Å². The molecule has 3 rings (SSSR count). The number of aromatic amines is 1. The van der Waals surface area contributed by atoms with E-state index in [0.29, 0.717) is 6.54 Å². The van der Waals surface area contributed by atoms with Crippen molar-refractivity contribution < 1.29 is 4.74 Å². The van der Waals surface area contributed by atoms with Gasteiger partial charge in [0.05, 0.1) is 24.0 Å². The van der Waals surface area contributed by atoms with Crippen LogP contribution in [-0.4, -0.2) is 41.7 Å². The summed E-state index contributed by atoms with van der Waals surface area (Å²) in [4.78, 5) is 12.0. The highest BCUT2D eigenvalue weighted by molar-refractivity contribution is 5.79. The van der Waals surface area contributed by atoms with Gasteiger partial charge in [-0.2, -0.15) is 0 Å². The average Bonchev–Trinajstić information content (AvgIpc) is 3.26. The Morgan fingerprint density at radius 1 is 1.33 bits per heavy atom. The summed E-state index contributed by atoms with van der Waals surface area (Å²) in [7, 11) is 1.77. The third-order valence-electron chi connectivity index (χ3n) is 4.29. The fraction of sp³-hybridized carbons (Fsp3) is 0.444. The monoisotopic (exact) mass is 327 g/mol. The van der Waals surface area contributed by atoms with E-state index < -0.39 is 0 Å². The maximum absolute atomic E-state index is 5.79. The highest BCUT2D eigenvalue weighted by Gasteiger charge is 2.29. The second-order valence-electron chi connectivity index (χ2n) is 6.29. The summed E-state index contributed by atoms with van der Waals surface area (Å²) in [5, 5.41) is 6.61. The van der Waals surface area contributed by atoms with Gasteiger partial charge in [0.15, 0.2) is 5.96 Å². The average molecular weight is 327 g/mol. The van der Waals surface area contributed by atoms with Gasteiger partial charge in [0.1, 0.15) is 5.82 Å². The van der Waals surface area contributed by atoms with E-state index in [1.54, 1.807) is 7.05 Å². The number of guanidine groups is 1. The van der Waals surface area contributed by atoms with Crippen LogP contribution >= 0.6 is 0 Å². The first-order valence-corrected chi connectivity index (χ1v) is 8.36. The highest BCUT2D eigenvalue weighted by atomic mass is 16.5. The maximum atomic E-state index is 5.79. The van der Waals surface area contributed by atoms with Crippen molar-refractivity contribution in [2.75, 3.05) is 20.2 Å². The van der Waals surface area contributed by atoms with E-state index in [-0.39, 0.29) is 5.60 Å². The number of benzene rings is 1. The molecule has 0 spiro atoms. The Morgan fingerprint density at radius 2 is 2.17 bits per heavy atom. The first-order chi connectivity index (χ1) is 11.7. The predicted octanol–water partition coefficient (Wildman–Crippen LogP) is 2.31. The van der Waals surface area contributed by atoms with Crippen molar-refractivity contribution >= 4 is 5.96 Å². The second-order valence-corrected chi connectivity index (χ2v) is 6.29. The molecule has 128 valence electrons. The molecule has 1 unspecified atom stereocenters. The van der Waals surface area contributed by atoms with Crippen molar-refractivity contribution in [3.8, 4) is 11.3 Å². The molecule has 6 heteroatoms. The molecule has 6 nitrogen and oxygen atoms in total. The van der Waals surface area contributed by atoms with Crippen molar-refractivity contribution in [2.24, 2.45) is 4.99 Å². The Hall–Kier alpha value is -2.34. The molecule has 1 atom stereocenters. The number of imidazole rings is 1. The van der Waals surface area contributed by atoms with Gasteiger partial charge < -0.3 is 20.4 Å². The van der Waals surface area contributed by atoms with Crippen molar-refractivity contribution in [2.45, 2.75) is 31.9 Å². The van der Waals surface area contributed by atoms with Crippen LogP contribution in [0.15, 0.2) is 41.5 Å². The Bertz CT molecular complexity index is 674. The smallest absolute Gasteiger partial charge is 0.191 e. The molecule has 2 heterocycles. The molecule has 2 aromatic rings. The van der Waals surface area contributed by atoms with Gasteiger partial charge in [0.25, 0.3) is 0 Å². The lowest BCUT2D eigenvalue weighted by atomic mass is 10.0. The standard InChI is InChI=1S/C18H25N5O/c1-18(9-6-10-24-18)13-22-17(19-2)21-12-16-20-11-15(23-16)14-7-4-3-5-8-14/h3-5,7-8,11H,6,9-10,12-13H2,1-2H3,(H,20,23)(H2,19,21,22). The Kier molecular flexibility index (Phi) is 5.15. The summed E-state index contributed by atoms with van der Waals surface area (Å²) in [6, 6.07) is 10.2. The molecule has 1 saturated heterocycles. The third kappa shape index (κ3) is 4.14. The fourth-order valence-electron chi connectivity index (χ4n) is 2.85. The van der Waals surface area contributed by atoms with E-state index >= 15 is 0 Å². The number of aromatic nitrogens is 2. The lowest BCUT2D eigenvalue weighted by Crippen LogP contribution is -2.45. The van der Waals surface area contributed by atoms with Gasteiger partial charge in [0, 0.05) is 20.2 Å². The second kappa shape index (κ2) is 7.49. The van der Waals surface area contributed by atoms with Crippen LogP contribution in [0.2, 0.25) is 0 Å². The molecule has 0 bridgehead atoms. The summed E-state index contributed by atoms with van der Waals surface area (Å²) in [6.07, 6.45) is 4.06. The summed E-state index contributed by atoms with van der Waals surface area (Å²) in [5.74, 6) is 1.63. The summed E-state index contributed by atoms with van der Waals surface area (Å²) >= 11 is 0.